The summed E-state index contributed by atoms with van der Waals surface area (Å²) in [6.45, 7) is 2.36. The molecular weight excluding hydrogens is 402 g/mol. The van der Waals surface area contributed by atoms with Gasteiger partial charge in [0.2, 0.25) is 5.89 Å². The number of aryl methyl sites for hydroxylation is 1. The highest BCUT2D eigenvalue weighted by Crippen LogP contribution is 2.23. The Balaban J connectivity index is 1.39. The molecule has 0 unspecified atom stereocenters. The first-order valence-corrected chi connectivity index (χ1v) is 10.3. The summed E-state index contributed by atoms with van der Waals surface area (Å²) in [7, 11) is 0. The van der Waals surface area contributed by atoms with Crippen LogP contribution in [0.25, 0.3) is 23.1 Å². The van der Waals surface area contributed by atoms with Crippen LogP contribution >= 0.6 is 0 Å². The van der Waals surface area contributed by atoms with Gasteiger partial charge in [-0.1, -0.05) is 60.7 Å². The predicted octanol–water partition coefficient (Wildman–Crippen LogP) is 5.90. The second-order valence-corrected chi connectivity index (χ2v) is 7.28. The Labute approximate surface area is 186 Å². The van der Waals surface area contributed by atoms with Crippen molar-refractivity contribution in [2.45, 2.75) is 13.3 Å². The van der Waals surface area contributed by atoms with E-state index in [-0.39, 0.29) is 5.57 Å². The number of aliphatic carboxylic acids is 1. The molecule has 5 nitrogen and oxygen atoms in total. The molecule has 0 bridgehead atoms. The first-order valence-electron chi connectivity index (χ1n) is 10.3. The molecule has 0 saturated carbocycles. The molecule has 0 aliphatic carbocycles. The molecule has 0 atom stereocenters. The number of hydrogen-bond acceptors (Lipinski definition) is 4. The van der Waals surface area contributed by atoms with Gasteiger partial charge in [-0.25, -0.2) is 9.78 Å². The van der Waals surface area contributed by atoms with E-state index in [4.69, 9.17) is 9.15 Å². The lowest BCUT2D eigenvalue weighted by molar-refractivity contribution is -0.130. The lowest BCUT2D eigenvalue weighted by Crippen LogP contribution is -2.03. The Kier molecular flexibility index (Phi) is 6.46. The van der Waals surface area contributed by atoms with E-state index in [1.54, 1.807) is 18.2 Å². The number of nitrogens with zero attached hydrogens (tertiary/aromatic N) is 1. The lowest BCUT2D eigenvalue weighted by atomic mass is 10.0. The molecule has 32 heavy (non-hydrogen) atoms. The van der Waals surface area contributed by atoms with Crippen molar-refractivity contribution >= 4 is 17.6 Å². The van der Waals surface area contributed by atoms with Gasteiger partial charge in [0, 0.05) is 12.0 Å². The van der Waals surface area contributed by atoms with E-state index >= 15 is 0 Å². The number of hydrogen-bond donors (Lipinski definition) is 1. The maximum atomic E-state index is 11.7. The zero-order valence-corrected chi connectivity index (χ0v) is 17.7. The molecule has 1 N–H and O–H groups in total. The number of carboxylic acid groups (broad SMARTS) is 1. The molecule has 4 aromatic rings. The molecule has 3 aromatic carbocycles. The number of aromatic nitrogens is 1. The van der Waals surface area contributed by atoms with E-state index in [9.17, 15) is 9.90 Å². The van der Waals surface area contributed by atoms with Gasteiger partial charge in [-0.05, 0) is 48.4 Å². The average molecular weight is 425 g/mol. The topological polar surface area (TPSA) is 72.6 Å². The largest absolute Gasteiger partial charge is 0.493 e. The van der Waals surface area contributed by atoms with Crippen LogP contribution in [0.2, 0.25) is 0 Å². The minimum Gasteiger partial charge on any atom is -0.493 e. The van der Waals surface area contributed by atoms with Crippen molar-refractivity contribution in [2.24, 2.45) is 0 Å². The van der Waals surface area contributed by atoms with Crippen LogP contribution in [0.4, 0.5) is 0 Å². The number of ether oxygens (including phenoxy) is 1. The standard InChI is InChI=1S/C27H23NO4/c1-19-25(28-26(32-19)22-10-6-3-7-11-22)16-17-31-23-14-12-20(13-15-23)18-24(27(29)30)21-8-4-2-5-9-21/h2-15,18H,16-17H2,1H3,(H,29,30). The van der Waals surface area contributed by atoms with Crippen LogP contribution < -0.4 is 4.74 Å². The number of rotatable bonds is 8. The zero-order valence-electron chi connectivity index (χ0n) is 17.7. The highest BCUT2D eigenvalue weighted by molar-refractivity contribution is 6.20. The fourth-order valence-electron chi connectivity index (χ4n) is 3.34. The summed E-state index contributed by atoms with van der Waals surface area (Å²) in [4.78, 5) is 16.3. The Hall–Kier alpha value is -4.12. The summed E-state index contributed by atoms with van der Waals surface area (Å²) in [6, 6.07) is 26.2. The smallest absolute Gasteiger partial charge is 0.336 e. The lowest BCUT2D eigenvalue weighted by Gasteiger charge is -2.06. The first kappa shape index (κ1) is 21.1. The molecule has 0 aliphatic rings. The monoisotopic (exact) mass is 425 g/mol. The number of oxazole rings is 1. The highest BCUT2D eigenvalue weighted by Gasteiger charge is 2.12. The summed E-state index contributed by atoms with van der Waals surface area (Å²) < 4.78 is 11.6. The SMILES string of the molecule is Cc1oc(-c2ccccc2)nc1CCOc1ccc(C=C(C(=O)O)c2ccccc2)cc1. The summed E-state index contributed by atoms with van der Waals surface area (Å²) >= 11 is 0. The van der Waals surface area contributed by atoms with Crippen LogP contribution in [-0.2, 0) is 11.2 Å². The maximum absolute atomic E-state index is 11.7. The molecule has 0 spiro atoms. The Morgan fingerprint density at radius 3 is 2.28 bits per heavy atom. The Morgan fingerprint density at radius 2 is 1.62 bits per heavy atom. The third kappa shape index (κ3) is 5.13. The van der Waals surface area contributed by atoms with Crippen LogP contribution in [0.15, 0.2) is 89.3 Å². The number of carboxylic acids is 1. The van der Waals surface area contributed by atoms with Crippen LogP contribution in [0.5, 0.6) is 5.75 Å². The molecule has 1 heterocycles. The van der Waals surface area contributed by atoms with E-state index < -0.39 is 5.97 Å². The molecule has 0 aliphatic heterocycles. The predicted molar refractivity (Wildman–Crippen MR) is 124 cm³/mol. The molecule has 4 rings (SSSR count). The van der Waals surface area contributed by atoms with Crippen LogP contribution in [-0.4, -0.2) is 22.7 Å². The minimum atomic E-state index is -0.964. The minimum absolute atomic E-state index is 0.245. The van der Waals surface area contributed by atoms with Crippen LogP contribution in [0.3, 0.4) is 0 Å². The van der Waals surface area contributed by atoms with Gasteiger partial charge < -0.3 is 14.3 Å². The van der Waals surface area contributed by atoms with Gasteiger partial charge in [0.25, 0.3) is 0 Å². The Bertz CT molecular complexity index is 1210. The Morgan fingerprint density at radius 1 is 0.969 bits per heavy atom. The van der Waals surface area contributed by atoms with Gasteiger partial charge in [0.15, 0.2) is 0 Å². The van der Waals surface area contributed by atoms with Gasteiger partial charge >= 0.3 is 5.97 Å². The summed E-state index contributed by atoms with van der Waals surface area (Å²) in [5, 5.41) is 9.56. The molecule has 0 fully saturated rings. The van der Waals surface area contributed by atoms with Gasteiger partial charge in [-0.15, -0.1) is 0 Å². The third-order valence-corrected chi connectivity index (χ3v) is 5.03. The summed E-state index contributed by atoms with van der Waals surface area (Å²) in [5.74, 6) is 1.15. The van der Waals surface area contributed by atoms with Crippen molar-refractivity contribution in [2.75, 3.05) is 6.61 Å². The molecule has 5 heteroatoms. The second kappa shape index (κ2) is 9.79. The summed E-state index contributed by atoms with van der Waals surface area (Å²) in [5.41, 5.74) is 3.52. The third-order valence-electron chi connectivity index (χ3n) is 5.03. The normalized spacial score (nSPS) is 11.3. The van der Waals surface area contributed by atoms with Crippen molar-refractivity contribution < 1.29 is 19.1 Å². The van der Waals surface area contributed by atoms with E-state index in [2.05, 4.69) is 4.98 Å². The number of benzene rings is 3. The molecule has 160 valence electrons. The van der Waals surface area contributed by atoms with Gasteiger partial charge in [-0.2, -0.15) is 0 Å². The van der Waals surface area contributed by atoms with Crippen LogP contribution in [0, 0.1) is 6.92 Å². The van der Waals surface area contributed by atoms with Crippen LogP contribution in [0.1, 0.15) is 22.6 Å². The fraction of sp³-hybridized carbons (Fsp3) is 0.111. The van der Waals surface area contributed by atoms with Crippen molar-refractivity contribution in [3.63, 3.8) is 0 Å². The molecule has 0 radical (unpaired) electrons. The molecule has 0 amide bonds. The molecular formula is C27H23NO4. The quantitative estimate of drug-likeness (QED) is 0.281. The maximum Gasteiger partial charge on any atom is 0.336 e. The van der Waals surface area contributed by atoms with E-state index in [1.807, 2.05) is 79.7 Å². The van der Waals surface area contributed by atoms with Crippen molar-refractivity contribution in [3.8, 4) is 17.2 Å². The van der Waals surface area contributed by atoms with E-state index in [0.717, 1.165) is 22.6 Å². The van der Waals surface area contributed by atoms with E-state index in [1.165, 1.54) is 0 Å². The van der Waals surface area contributed by atoms with Gasteiger partial charge in [-0.3, -0.25) is 0 Å². The second-order valence-electron chi connectivity index (χ2n) is 7.28. The van der Waals surface area contributed by atoms with Gasteiger partial charge in [0.05, 0.1) is 17.9 Å². The molecule has 1 aromatic heterocycles. The van der Waals surface area contributed by atoms with Crippen molar-refractivity contribution in [3.05, 3.63) is 108 Å². The first-order chi connectivity index (χ1) is 15.6. The fourth-order valence-corrected chi connectivity index (χ4v) is 3.34. The van der Waals surface area contributed by atoms with Crippen molar-refractivity contribution in [1.82, 2.24) is 4.98 Å². The van der Waals surface area contributed by atoms with Gasteiger partial charge in [0.1, 0.15) is 11.5 Å². The average Bonchev–Trinajstić information content (AvgIpc) is 3.20. The zero-order chi connectivity index (χ0) is 22.3. The van der Waals surface area contributed by atoms with Crippen molar-refractivity contribution in [1.29, 1.82) is 0 Å². The summed E-state index contributed by atoms with van der Waals surface area (Å²) in [6.07, 6.45) is 2.28. The highest BCUT2D eigenvalue weighted by atomic mass is 16.5. The molecule has 0 saturated heterocycles. The van der Waals surface area contributed by atoms with E-state index in [0.29, 0.717) is 30.2 Å². The number of carbonyl (C=O) groups is 1.